The van der Waals surface area contributed by atoms with Crippen LogP contribution in [-0.2, 0) is 0 Å². The third kappa shape index (κ3) is 2.18. The normalized spacial score (nSPS) is 10.5. The third-order valence-corrected chi connectivity index (χ3v) is 2.61. The van der Waals surface area contributed by atoms with E-state index in [9.17, 15) is 8.78 Å². The van der Waals surface area contributed by atoms with Gasteiger partial charge in [0.25, 0.3) is 0 Å². The molecule has 16 heavy (non-hydrogen) atoms. The summed E-state index contributed by atoms with van der Waals surface area (Å²) >= 11 is 11.3. The first-order valence-electron chi connectivity index (χ1n) is 4.40. The molecular formula is C12H5Cl2F2. The molecule has 0 fully saturated rings. The van der Waals surface area contributed by atoms with Crippen molar-refractivity contribution in [1.82, 2.24) is 0 Å². The van der Waals surface area contributed by atoms with E-state index in [2.05, 4.69) is 6.07 Å². The Morgan fingerprint density at radius 1 is 1.06 bits per heavy atom. The van der Waals surface area contributed by atoms with Gasteiger partial charge < -0.3 is 0 Å². The molecule has 0 spiro atoms. The van der Waals surface area contributed by atoms with Gasteiger partial charge in [-0.15, -0.1) is 0 Å². The summed E-state index contributed by atoms with van der Waals surface area (Å²) < 4.78 is 26.6. The van der Waals surface area contributed by atoms with E-state index >= 15 is 0 Å². The van der Waals surface area contributed by atoms with Crippen molar-refractivity contribution >= 4 is 23.2 Å². The zero-order chi connectivity index (χ0) is 11.7. The predicted molar refractivity (Wildman–Crippen MR) is 60.7 cm³/mol. The lowest BCUT2D eigenvalue weighted by atomic mass is 10.1. The molecule has 0 saturated carbocycles. The molecular weight excluding hydrogens is 253 g/mol. The lowest BCUT2D eigenvalue weighted by molar-refractivity contribution is 0.624. The van der Waals surface area contributed by atoms with Crippen molar-refractivity contribution in [2.75, 3.05) is 0 Å². The van der Waals surface area contributed by atoms with Crippen molar-refractivity contribution in [3.05, 3.63) is 58.1 Å². The SMILES string of the molecule is Fc1[c]cc(Cl)cc1-c1ccc(Cl)c(F)c1. The smallest absolute Gasteiger partial charge is 0.142 e. The lowest BCUT2D eigenvalue weighted by Gasteiger charge is -2.04. The second-order valence-corrected chi connectivity index (χ2v) is 4.02. The predicted octanol–water partition coefficient (Wildman–Crippen LogP) is 4.74. The van der Waals surface area contributed by atoms with Gasteiger partial charge in [0, 0.05) is 16.7 Å². The highest BCUT2D eigenvalue weighted by Gasteiger charge is 2.08. The lowest BCUT2D eigenvalue weighted by Crippen LogP contribution is -1.86. The molecule has 81 valence electrons. The molecule has 0 saturated heterocycles. The first-order valence-corrected chi connectivity index (χ1v) is 5.15. The van der Waals surface area contributed by atoms with E-state index in [-0.39, 0.29) is 10.6 Å². The molecule has 2 aromatic rings. The van der Waals surface area contributed by atoms with Crippen molar-refractivity contribution in [1.29, 1.82) is 0 Å². The van der Waals surface area contributed by atoms with E-state index in [0.717, 1.165) is 6.07 Å². The summed E-state index contributed by atoms with van der Waals surface area (Å²) in [4.78, 5) is 0. The van der Waals surface area contributed by atoms with Gasteiger partial charge in [0.15, 0.2) is 0 Å². The number of hydrogen-bond donors (Lipinski definition) is 0. The molecule has 0 aliphatic heterocycles. The number of benzene rings is 2. The van der Waals surface area contributed by atoms with E-state index in [4.69, 9.17) is 23.2 Å². The first kappa shape index (κ1) is 11.4. The fourth-order valence-corrected chi connectivity index (χ4v) is 1.61. The van der Waals surface area contributed by atoms with Crippen LogP contribution < -0.4 is 0 Å². The van der Waals surface area contributed by atoms with Gasteiger partial charge in [0.1, 0.15) is 11.6 Å². The van der Waals surface area contributed by atoms with Gasteiger partial charge in [-0.05, 0) is 29.8 Å². The van der Waals surface area contributed by atoms with Crippen LogP contribution in [0, 0.1) is 17.7 Å². The van der Waals surface area contributed by atoms with Crippen LogP contribution in [0.25, 0.3) is 11.1 Å². The minimum Gasteiger partial charge on any atom is -0.206 e. The summed E-state index contributed by atoms with van der Waals surface area (Å²) in [6, 6.07) is 9.12. The van der Waals surface area contributed by atoms with Crippen LogP contribution in [0.2, 0.25) is 10.0 Å². The monoisotopic (exact) mass is 257 g/mol. The highest BCUT2D eigenvalue weighted by molar-refractivity contribution is 6.31. The molecule has 0 aliphatic rings. The molecule has 0 heterocycles. The standard InChI is InChI=1S/C12H5Cl2F2/c13-8-2-4-11(15)9(6-8)7-1-3-10(14)12(16)5-7/h1-3,5-6H. The van der Waals surface area contributed by atoms with Gasteiger partial charge >= 0.3 is 0 Å². The fourth-order valence-electron chi connectivity index (χ4n) is 1.33. The van der Waals surface area contributed by atoms with Gasteiger partial charge in [-0.2, -0.15) is 0 Å². The molecule has 0 amide bonds. The topological polar surface area (TPSA) is 0 Å². The second kappa shape index (κ2) is 4.40. The number of halogens is 4. The van der Waals surface area contributed by atoms with E-state index < -0.39 is 11.6 Å². The molecule has 0 bridgehead atoms. The molecule has 1 radical (unpaired) electrons. The maximum absolute atomic E-state index is 13.4. The molecule has 0 N–H and O–H groups in total. The van der Waals surface area contributed by atoms with Gasteiger partial charge in [-0.1, -0.05) is 29.3 Å². The van der Waals surface area contributed by atoms with Gasteiger partial charge in [-0.25, -0.2) is 8.78 Å². The Labute approximate surface area is 101 Å². The van der Waals surface area contributed by atoms with E-state index in [1.54, 1.807) is 0 Å². The molecule has 0 nitrogen and oxygen atoms in total. The number of hydrogen-bond acceptors (Lipinski definition) is 0. The van der Waals surface area contributed by atoms with Crippen LogP contribution in [0.5, 0.6) is 0 Å². The second-order valence-electron chi connectivity index (χ2n) is 3.17. The van der Waals surface area contributed by atoms with E-state index in [1.165, 1.54) is 24.3 Å². The minimum atomic E-state index is -0.599. The summed E-state index contributed by atoms with van der Waals surface area (Å²) in [6.45, 7) is 0. The van der Waals surface area contributed by atoms with Crippen LogP contribution in [0.3, 0.4) is 0 Å². The Kier molecular flexibility index (Phi) is 3.13. The maximum atomic E-state index is 13.4. The highest BCUT2D eigenvalue weighted by atomic mass is 35.5. The Bertz CT molecular complexity index is 539. The summed E-state index contributed by atoms with van der Waals surface area (Å²) in [5, 5.41) is 0.335. The van der Waals surface area contributed by atoms with Gasteiger partial charge in [0.05, 0.1) is 5.02 Å². The Morgan fingerprint density at radius 2 is 1.81 bits per heavy atom. The van der Waals surface area contributed by atoms with Crippen LogP contribution in [0.15, 0.2) is 30.3 Å². The highest BCUT2D eigenvalue weighted by Crippen LogP contribution is 2.28. The summed E-state index contributed by atoms with van der Waals surface area (Å²) in [7, 11) is 0. The summed E-state index contributed by atoms with van der Waals surface area (Å²) in [5.74, 6) is -1.18. The van der Waals surface area contributed by atoms with Crippen LogP contribution in [0.4, 0.5) is 8.78 Å². The van der Waals surface area contributed by atoms with Crippen LogP contribution in [-0.4, -0.2) is 0 Å². The van der Waals surface area contributed by atoms with Crippen molar-refractivity contribution in [3.63, 3.8) is 0 Å². The molecule has 0 aromatic heterocycles. The largest absolute Gasteiger partial charge is 0.206 e. The molecule has 4 heteroatoms. The fraction of sp³-hybridized carbons (Fsp3) is 0. The summed E-state index contributed by atoms with van der Waals surface area (Å²) in [6.07, 6.45) is 0. The van der Waals surface area contributed by atoms with Crippen molar-refractivity contribution in [2.45, 2.75) is 0 Å². The van der Waals surface area contributed by atoms with Crippen LogP contribution >= 0.6 is 23.2 Å². The van der Waals surface area contributed by atoms with Crippen molar-refractivity contribution < 1.29 is 8.78 Å². The van der Waals surface area contributed by atoms with Crippen molar-refractivity contribution in [2.24, 2.45) is 0 Å². The van der Waals surface area contributed by atoms with Gasteiger partial charge in [0.2, 0.25) is 0 Å². The van der Waals surface area contributed by atoms with E-state index in [0.29, 0.717) is 10.6 Å². The average Bonchev–Trinajstić information content (AvgIpc) is 2.26. The molecule has 0 atom stereocenters. The molecule has 2 aromatic carbocycles. The zero-order valence-electron chi connectivity index (χ0n) is 7.90. The molecule has 2 rings (SSSR count). The first-order chi connectivity index (χ1) is 7.58. The Balaban J connectivity index is 2.58. The van der Waals surface area contributed by atoms with Crippen molar-refractivity contribution in [3.8, 4) is 11.1 Å². The zero-order valence-corrected chi connectivity index (χ0v) is 9.41. The molecule has 0 aliphatic carbocycles. The average molecular weight is 258 g/mol. The summed E-state index contributed by atoms with van der Waals surface area (Å²) in [5.41, 5.74) is 0.571. The third-order valence-electron chi connectivity index (χ3n) is 2.09. The van der Waals surface area contributed by atoms with Gasteiger partial charge in [-0.3, -0.25) is 0 Å². The maximum Gasteiger partial charge on any atom is 0.142 e. The number of rotatable bonds is 1. The molecule has 0 unspecified atom stereocenters. The Hall–Kier alpha value is -1.12. The minimum absolute atomic E-state index is 0.00448. The Morgan fingerprint density at radius 3 is 2.50 bits per heavy atom. The quantitative estimate of drug-likeness (QED) is 0.693. The van der Waals surface area contributed by atoms with E-state index in [1.807, 2.05) is 0 Å². The van der Waals surface area contributed by atoms with Crippen LogP contribution in [0.1, 0.15) is 0 Å².